The van der Waals surface area contributed by atoms with E-state index in [-0.39, 0.29) is 5.91 Å². The summed E-state index contributed by atoms with van der Waals surface area (Å²) in [6.45, 7) is 0. The molecule has 1 N–H and O–H groups in total. The van der Waals surface area contributed by atoms with Crippen molar-refractivity contribution in [3.8, 4) is 11.5 Å². The van der Waals surface area contributed by atoms with Gasteiger partial charge in [-0.15, -0.1) is 0 Å². The van der Waals surface area contributed by atoms with Crippen LogP contribution < -0.4 is 14.8 Å². The van der Waals surface area contributed by atoms with Gasteiger partial charge in [-0.25, -0.2) is 0 Å². The van der Waals surface area contributed by atoms with Crippen LogP contribution in [-0.4, -0.2) is 20.1 Å². The van der Waals surface area contributed by atoms with Crippen molar-refractivity contribution in [1.82, 2.24) is 0 Å². The molecular formula is C15H13BrClNO3. The van der Waals surface area contributed by atoms with Crippen LogP contribution in [0, 0.1) is 0 Å². The Balaban J connectivity index is 2.34. The Morgan fingerprint density at radius 3 is 2.43 bits per heavy atom. The van der Waals surface area contributed by atoms with E-state index in [0.29, 0.717) is 27.8 Å². The lowest BCUT2D eigenvalue weighted by atomic mass is 10.1. The number of halogens is 2. The van der Waals surface area contributed by atoms with Gasteiger partial charge >= 0.3 is 0 Å². The molecule has 2 aromatic rings. The van der Waals surface area contributed by atoms with Crippen molar-refractivity contribution >= 4 is 39.1 Å². The first kappa shape index (κ1) is 15.7. The van der Waals surface area contributed by atoms with Crippen LogP contribution in [0.4, 0.5) is 5.69 Å². The second-order valence-corrected chi connectivity index (χ2v) is 5.50. The molecule has 1 amide bonds. The summed E-state index contributed by atoms with van der Waals surface area (Å²) in [4.78, 5) is 12.4. The van der Waals surface area contributed by atoms with Crippen molar-refractivity contribution in [3.05, 3.63) is 51.5 Å². The lowest BCUT2D eigenvalue weighted by molar-refractivity contribution is 0.102. The van der Waals surface area contributed by atoms with Crippen molar-refractivity contribution in [1.29, 1.82) is 0 Å². The van der Waals surface area contributed by atoms with Gasteiger partial charge in [-0.3, -0.25) is 4.79 Å². The van der Waals surface area contributed by atoms with Gasteiger partial charge in [-0.05, 0) is 36.4 Å². The third-order valence-electron chi connectivity index (χ3n) is 2.82. The van der Waals surface area contributed by atoms with Crippen molar-refractivity contribution in [2.45, 2.75) is 0 Å². The molecule has 0 bridgehead atoms. The van der Waals surface area contributed by atoms with E-state index in [1.165, 1.54) is 7.11 Å². The van der Waals surface area contributed by atoms with E-state index in [2.05, 4.69) is 21.2 Å². The van der Waals surface area contributed by atoms with Gasteiger partial charge in [0.1, 0.15) is 11.5 Å². The summed E-state index contributed by atoms with van der Waals surface area (Å²) in [6.07, 6.45) is 0. The molecule has 2 rings (SSSR count). The SMILES string of the molecule is COc1ccc(Br)cc1NC(=O)c1cc(Cl)ccc1OC. The Morgan fingerprint density at radius 1 is 1.10 bits per heavy atom. The molecule has 0 aliphatic carbocycles. The second kappa shape index (κ2) is 6.83. The van der Waals surface area contributed by atoms with Crippen LogP contribution in [0.5, 0.6) is 11.5 Å². The Morgan fingerprint density at radius 2 is 1.76 bits per heavy atom. The highest BCUT2D eigenvalue weighted by molar-refractivity contribution is 9.10. The molecule has 0 unspecified atom stereocenters. The van der Waals surface area contributed by atoms with Gasteiger partial charge in [-0.2, -0.15) is 0 Å². The van der Waals surface area contributed by atoms with Crippen molar-refractivity contribution in [3.63, 3.8) is 0 Å². The van der Waals surface area contributed by atoms with E-state index in [1.807, 2.05) is 6.07 Å². The zero-order valence-electron chi connectivity index (χ0n) is 11.4. The van der Waals surface area contributed by atoms with Crippen molar-refractivity contribution in [2.75, 3.05) is 19.5 Å². The molecule has 0 aromatic heterocycles. The van der Waals surface area contributed by atoms with E-state index < -0.39 is 0 Å². The minimum absolute atomic E-state index is 0.328. The van der Waals surface area contributed by atoms with E-state index >= 15 is 0 Å². The van der Waals surface area contributed by atoms with E-state index in [9.17, 15) is 4.79 Å². The Hall–Kier alpha value is -1.72. The van der Waals surface area contributed by atoms with Gasteiger partial charge in [0.05, 0.1) is 25.5 Å². The number of carbonyl (C=O) groups excluding carboxylic acids is 1. The topological polar surface area (TPSA) is 47.6 Å². The molecule has 0 saturated heterocycles. The standard InChI is InChI=1S/C15H13BrClNO3/c1-20-13-6-4-10(17)8-11(13)15(19)18-12-7-9(16)3-5-14(12)21-2/h3-8H,1-2H3,(H,18,19). The molecule has 0 atom stereocenters. The number of methoxy groups -OCH3 is 2. The lowest BCUT2D eigenvalue weighted by Gasteiger charge is -2.12. The first-order chi connectivity index (χ1) is 10.0. The maximum atomic E-state index is 12.4. The zero-order valence-corrected chi connectivity index (χ0v) is 13.8. The number of ether oxygens (including phenoxy) is 2. The largest absolute Gasteiger partial charge is 0.496 e. The van der Waals surface area contributed by atoms with E-state index in [4.69, 9.17) is 21.1 Å². The van der Waals surface area contributed by atoms with Gasteiger partial charge in [0, 0.05) is 9.50 Å². The fourth-order valence-corrected chi connectivity index (χ4v) is 2.36. The monoisotopic (exact) mass is 369 g/mol. The van der Waals surface area contributed by atoms with Crippen LogP contribution in [-0.2, 0) is 0 Å². The molecule has 110 valence electrons. The van der Waals surface area contributed by atoms with Gasteiger partial charge in [0.15, 0.2) is 0 Å². The van der Waals surface area contributed by atoms with Crippen LogP contribution in [0.2, 0.25) is 5.02 Å². The van der Waals surface area contributed by atoms with Gasteiger partial charge < -0.3 is 14.8 Å². The van der Waals surface area contributed by atoms with Crippen LogP contribution in [0.25, 0.3) is 0 Å². The second-order valence-electron chi connectivity index (χ2n) is 4.14. The minimum Gasteiger partial charge on any atom is -0.496 e. The highest BCUT2D eigenvalue weighted by Crippen LogP contribution is 2.30. The number of nitrogens with one attached hydrogen (secondary N) is 1. The van der Waals surface area contributed by atoms with Crippen LogP contribution in [0.15, 0.2) is 40.9 Å². The van der Waals surface area contributed by atoms with E-state index in [0.717, 1.165) is 4.47 Å². The number of hydrogen-bond acceptors (Lipinski definition) is 3. The van der Waals surface area contributed by atoms with Crippen LogP contribution in [0.3, 0.4) is 0 Å². The summed E-state index contributed by atoms with van der Waals surface area (Å²) in [5, 5.41) is 3.25. The number of anilines is 1. The maximum Gasteiger partial charge on any atom is 0.259 e. The van der Waals surface area contributed by atoms with Crippen LogP contribution in [0.1, 0.15) is 10.4 Å². The van der Waals surface area contributed by atoms with Gasteiger partial charge in [0.25, 0.3) is 5.91 Å². The highest BCUT2D eigenvalue weighted by Gasteiger charge is 2.15. The summed E-state index contributed by atoms with van der Waals surface area (Å²) in [5.41, 5.74) is 0.908. The minimum atomic E-state index is -0.328. The smallest absolute Gasteiger partial charge is 0.259 e. The predicted molar refractivity (Wildman–Crippen MR) is 86.7 cm³/mol. The molecule has 0 radical (unpaired) electrons. The quantitative estimate of drug-likeness (QED) is 0.869. The first-order valence-corrected chi connectivity index (χ1v) is 7.20. The molecule has 21 heavy (non-hydrogen) atoms. The van der Waals surface area contributed by atoms with E-state index in [1.54, 1.807) is 37.4 Å². The number of benzene rings is 2. The van der Waals surface area contributed by atoms with Crippen molar-refractivity contribution in [2.24, 2.45) is 0 Å². The zero-order chi connectivity index (χ0) is 15.4. The van der Waals surface area contributed by atoms with Gasteiger partial charge in [0.2, 0.25) is 0 Å². The normalized spacial score (nSPS) is 10.1. The molecule has 0 fully saturated rings. The lowest BCUT2D eigenvalue weighted by Crippen LogP contribution is -2.14. The Bertz CT molecular complexity index is 676. The fourth-order valence-electron chi connectivity index (χ4n) is 1.83. The molecule has 0 aliphatic heterocycles. The molecule has 4 nitrogen and oxygen atoms in total. The summed E-state index contributed by atoms with van der Waals surface area (Å²) < 4.78 is 11.2. The molecule has 0 spiro atoms. The molecule has 0 aliphatic rings. The maximum absolute atomic E-state index is 12.4. The highest BCUT2D eigenvalue weighted by atomic mass is 79.9. The average Bonchev–Trinajstić information content (AvgIpc) is 2.47. The average molecular weight is 371 g/mol. The molecule has 2 aromatic carbocycles. The summed E-state index contributed by atoms with van der Waals surface area (Å²) >= 11 is 9.30. The summed E-state index contributed by atoms with van der Waals surface area (Å²) in [7, 11) is 3.04. The Kier molecular flexibility index (Phi) is 5.09. The summed E-state index contributed by atoms with van der Waals surface area (Å²) in [5.74, 6) is 0.684. The molecular weight excluding hydrogens is 358 g/mol. The van der Waals surface area contributed by atoms with Crippen LogP contribution >= 0.6 is 27.5 Å². The summed E-state index contributed by atoms with van der Waals surface area (Å²) in [6, 6.07) is 10.2. The Labute approximate surface area is 136 Å². The third kappa shape index (κ3) is 3.68. The van der Waals surface area contributed by atoms with Crippen molar-refractivity contribution < 1.29 is 14.3 Å². The number of hydrogen-bond donors (Lipinski definition) is 1. The number of rotatable bonds is 4. The number of carbonyl (C=O) groups is 1. The first-order valence-electron chi connectivity index (χ1n) is 6.03. The fraction of sp³-hybridized carbons (Fsp3) is 0.133. The number of amides is 1. The predicted octanol–water partition coefficient (Wildman–Crippen LogP) is 4.37. The molecule has 0 heterocycles. The van der Waals surface area contributed by atoms with Gasteiger partial charge in [-0.1, -0.05) is 27.5 Å². The molecule has 6 heteroatoms. The molecule has 0 saturated carbocycles. The third-order valence-corrected chi connectivity index (χ3v) is 3.54.